The molecule has 37 heavy (non-hydrogen) atoms. The van der Waals surface area contributed by atoms with Gasteiger partial charge in [0.2, 0.25) is 5.91 Å². The summed E-state index contributed by atoms with van der Waals surface area (Å²) >= 11 is 0. The van der Waals surface area contributed by atoms with Gasteiger partial charge in [0, 0.05) is 19.5 Å². The van der Waals surface area contributed by atoms with Gasteiger partial charge in [0.15, 0.2) is 5.65 Å². The highest BCUT2D eigenvalue weighted by atomic mass is 16.6. The number of imidazole rings is 1. The number of pyridine rings is 1. The number of rotatable bonds is 11. The van der Waals surface area contributed by atoms with Gasteiger partial charge in [-0.1, -0.05) is 13.8 Å². The lowest BCUT2D eigenvalue weighted by Crippen LogP contribution is -2.53. The molecule has 0 saturated carbocycles. The van der Waals surface area contributed by atoms with E-state index in [0.29, 0.717) is 23.4 Å². The summed E-state index contributed by atoms with van der Waals surface area (Å²) in [5.41, 5.74) is -0.183. The Morgan fingerprint density at radius 3 is 2.43 bits per heavy atom. The minimum Gasteiger partial charge on any atom is -0.464 e. The summed E-state index contributed by atoms with van der Waals surface area (Å²) in [6.07, 6.45) is 1.06. The fourth-order valence-electron chi connectivity index (χ4n) is 3.63. The van der Waals surface area contributed by atoms with Crippen molar-refractivity contribution in [1.29, 1.82) is 0 Å². The molecule has 2 N–H and O–H groups in total. The minimum absolute atomic E-state index is 0.100. The van der Waals surface area contributed by atoms with Crippen molar-refractivity contribution in [2.24, 2.45) is 13.0 Å². The molecule has 13 nitrogen and oxygen atoms in total. The summed E-state index contributed by atoms with van der Waals surface area (Å²) in [4.78, 5) is 57.2. The van der Waals surface area contributed by atoms with Crippen molar-refractivity contribution in [2.45, 2.75) is 78.5 Å². The van der Waals surface area contributed by atoms with Crippen LogP contribution in [0.5, 0.6) is 0 Å². The van der Waals surface area contributed by atoms with Crippen LogP contribution < -0.4 is 10.6 Å². The summed E-state index contributed by atoms with van der Waals surface area (Å²) in [5.74, 6) is -0.514. The number of carbonyl (C=O) groups is 3. The van der Waals surface area contributed by atoms with Crippen molar-refractivity contribution >= 4 is 34.8 Å². The summed E-state index contributed by atoms with van der Waals surface area (Å²) < 4.78 is 12.1. The Morgan fingerprint density at radius 2 is 1.86 bits per heavy atom. The average Bonchev–Trinajstić information content (AvgIpc) is 3.09. The molecule has 0 fully saturated rings. The van der Waals surface area contributed by atoms with E-state index >= 15 is 0 Å². The van der Waals surface area contributed by atoms with Crippen LogP contribution in [0.4, 0.5) is 10.5 Å². The first-order valence-electron chi connectivity index (χ1n) is 12.1. The smallest absolute Gasteiger partial charge is 0.408 e. The first-order valence-corrected chi connectivity index (χ1v) is 12.1. The normalized spacial score (nSPS) is 13.2. The summed E-state index contributed by atoms with van der Waals surface area (Å²) in [5, 5.41) is 16.4. The number of nitro groups is 1. The van der Waals surface area contributed by atoms with Gasteiger partial charge in [-0.2, -0.15) is 0 Å². The predicted molar refractivity (Wildman–Crippen MR) is 135 cm³/mol. The van der Waals surface area contributed by atoms with Gasteiger partial charge in [-0.15, -0.1) is 0 Å². The maximum atomic E-state index is 13.2. The summed E-state index contributed by atoms with van der Waals surface area (Å²) in [6, 6.07) is -0.609. The third-order valence-electron chi connectivity index (χ3n) is 5.26. The molecule has 2 amide bonds. The number of ether oxygens (including phenoxy) is 2. The molecule has 0 bridgehead atoms. The SMILES string of the molecule is CCOC(=O)C(CC(C)C)NC(=O)C(CCc1nc2cc([N+](=O)[O-])cnc2n1C)NC(=O)OC(C)(C)C. The quantitative estimate of drug-likeness (QED) is 0.257. The molecule has 2 atom stereocenters. The van der Waals surface area contributed by atoms with E-state index in [9.17, 15) is 24.5 Å². The van der Waals surface area contributed by atoms with Crippen LogP contribution in [0.1, 0.15) is 60.2 Å². The molecule has 2 aromatic heterocycles. The Hall–Kier alpha value is -3.77. The molecule has 0 aliphatic carbocycles. The highest BCUT2D eigenvalue weighted by Gasteiger charge is 2.30. The van der Waals surface area contributed by atoms with Crippen molar-refractivity contribution in [3.63, 3.8) is 0 Å². The molecule has 2 rings (SSSR count). The van der Waals surface area contributed by atoms with Crippen molar-refractivity contribution in [3.05, 3.63) is 28.2 Å². The van der Waals surface area contributed by atoms with E-state index in [4.69, 9.17) is 9.47 Å². The van der Waals surface area contributed by atoms with E-state index in [1.165, 1.54) is 6.07 Å². The molecule has 13 heteroatoms. The molecule has 0 aliphatic heterocycles. The van der Waals surface area contributed by atoms with Gasteiger partial charge in [-0.25, -0.2) is 19.6 Å². The Labute approximate surface area is 215 Å². The van der Waals surface area contributed by atoms with Crippen LogP contribution in [-0.4, -0.2) is 61.7 Å². The fraction of sp³-hybridized carbons (Fsp3) is 0.625. The molecular formula is C24H36N6O7. The molecule has 0 saturated heterocycles. The number of fused-ring (bicyclic) bond motifs is 1. The summed E-state index contributed by atoms with van der Waals surface area (Å²) in [7, 11) is 1.71. The number of hydrogen-bond acceptors (Lipinski definition) is 9. The third kappa shape index (κ3) is 8.69. The Balaban J connectivity index is 2.27. The van der Waals surface area contributed by atoms with Gasteiger partial charge in [-0.3, -0.25) is 14.9 Å². The molecule has 204 valence electrons. The van der Waals surface area contributed by atoms with Gasteiger partial charge in [0.05, 0.1) is 11.5 Å². The number of nitrogens with one attached hydrogen (secondary N) is 2. The Morgan fingerprint density at radius 1 is 1.19 bits per heavy atom. The van der Waals surface area contributed by atoms with E-state index in [1.807, 2.05) is 13.8 Å². The van der Waals surface area contributed by atoms with E-state index in [0.717, 1.165) is 6.20 Å². The minimum atomic E-state index is -1.05. The van der Waals surface area contributed by atoms with Gasteiger partial charge < -0.3 is 24.7 Å². The van der Waals surface area contributed by atoms with E-state index in [1.54, 1.807) is 39.3 Å². The molecule has 0 spiro atoms. The second-order valence-corrected chi connectivity index (χ2v) is 10.1. The van der Waals surface area contributed by atoms with Gasteiger partial charge in [-0.05, 0) is 46.5 Å². The van der Waals surface area contributed by atoms with Gasteiger partial charge in [0.25, 0.3) is 5.69 Å². The van der Waals surface area contributed by atoms with E-state index in [-0.39, 0.29) is 31.1 Å². The van der Waals surface area contributed by atoms with Gasteiger partial charge in [0.1, 0.15) is 35.2 Å². The molecule has 2 heterocycles. The lowest BCUT2D eigenvalue weighted by Gasteiger charge is -2.25. The molecular weight excluding hydrogens is 484 g/mol. The Bertz CT molecular complexity index is 1140. The highest BCUT2D eigenvalue weighted by Crippen LogP contribution is 2.20. The lowest BCUT2D eigenvalue weighted by atomic mass is 10.0. The molecule has 2 aromatic rings. The van der Waals surface area contributed by atoms with Crippen LogP contribution in [0.15, 0.2) is 12.3 Å². The first kappa shape index (κ1) is 29.5. The molecule has 2 unspecified atom stereocenters. The molecule has 0 aromatic carbocycles. The number of hydrogen-bond donors (Lipinski definition) is 2. The average molecular weight is 521 g/mol. The second-order valence-electron chi connectivity index (χ2n) is 10.1. The maximum Gasteiger partial charge on any atom is 0.408 e. The first-order chi connectivity index (χ1) is 17.2. The number of carbonyl (C=O) groups excluding carboxylic acids is 3. The summed E-state index contributed by atoms with van der Waals surface area (Å²) in [6.45, 7) is 10.8. The van der Waals surface area contributed by atoms with E-state index < -0.39 is 40.6 Å². The standard InChI is InChI=1S/C24H36N6O7/c1-8-36-22(32)18(11-14(2)3)27-21(31)16(28-23(33)37-24(4,5)6)9-10-19-26-17-12-15(30(34)35)13-25-20(17)29(19)7/h12-14,16,18H,8-11H2,1-7H3,(H,27,31)(H,28,33). The van der Waals surface area contributed by atoms with Crippen LogP contribution in [0.25, 0.3) is 11.2 Å². The lowest BCUT2D eigenvalue weighted by molar-refractivity contribution is -0.385. The van der Waals surface area contributed by atoms with E-state index in [2.05, 4.69) is 20.6 Å². The predicted octanol–water partition coefficient (Wildman–Crippen LogP) is 2.80. The van der Waals surface area contributed by atoms with Crippen molar-refractivity contribution in [3.8, 4) is 0 Å². The maximum absolute atomic E-state index is 13.2. The number of amides is 2. The third-order valence-corrected chi connectivity index (χ3v) is 5.26. The van der Waals surface area contributed by atoms with Crippen molar-refractivity contribution in [1.82, 2.24) is 25.2 Å². The van der Waals surface area contributed by atoms with Crippen LogP contribution in [-0.2, 0) is 32.5 Å². The highest BCUT2D eigenvalue weighted by molar-refractivity contribution is 5.89. The zero-order valence-corrected chi connectivity index (χ0v) is 22.4. The fourth-order valence-corrected chi connectivity index (χ4v) is 3.63. The van der Waals surface area contributed by atoms with Crippen molar-refractivity contribution in [2.75, 3.05) is 6.61 Å². The van der Waals surface area contributed by atoms with Crippen molar-refractivity contribution < 1.29 is 28.8 Å². The topological polar surface area (TPSA) is 168 Å². The Kier molecular flexibility index (Phi) is 9.92. The molecule has 0 aliphatic rings. The largest absolute Gasteiger partial charge is 0.464 e. The number of alkyl carbamates (subject to hydrolysis) is 1. The zero-order chi connectivity index (χ0) is 27.9. The molecule has 0 radical (unpaired) electrons. The van der Waals surface area contributed by atoms with Crippen LogP contribution >= 0.6 is 0 Å². The second kappa shape index (κ2) is 12.5. The van der Waals surface area contributed by atoms with Crippen LogP contribution in [0, 0.1) is 16.0 Å². The van der Waals surface area contributed by atoms with Crippen LogP contribution in [0.2, 0.25) is 0 Å². The zero-order valence-electron chi connectivity index (χ0n) is 22.4. The monoisotopic (exact) mass is 520 g/mol. The van der Waals surface area contributed by atoms with Gasteiger partial charge >= 0.3 is 12.1 Å². The number of esters is 1. The number of aryl methyl sites for hydroxylation is 2. The van der Waals surface area contributed by atoms with Crippen LogP contribution in [0.3, 0.4) is 0 Å². The number of nitrogens with zero attached hydrogens (tertiary/aromatic N) is 4. The number of aromatic nitrogens is 3.